The van der Waals surface area contributed by atoms with E-state index >= 15 is 0 Å². The second-order valence-electron chi connectivity index (χ2n) is 1.05. The SMILES string of the molecule is NCC(=O)S(=O)(=O)O. The molecular weight excluding hydrogens is 134 g/mol. The Labute approximate surface area is 46.2 Å². The molecule has 0 heterocycles. The standard InChI is InChI=1S/C2H5NO4S/c3-1-2(4)8(5,6)7/h1,3H2,(H,5,6,7). The van der Waals surface area contributed by atoms with Crippen LogP contribution in [0.5, 0.6) is 0 Å². The molecule has 0 radical (unpaired) electrons. The van der Waals surface area contributed by atoms with Crippen molar-refractivity contribution in [3.8, 4) is 0 Å². The van der Waals surface area contributed by atoms with E-state index in [2.05, 4.69) is 5.73 Å². The predicted molar refractivity (Wildman–Crippen MR) is 25.6 cm³/mol. The van der Waals surface area contributed by atoms with Crippen LogP contribution in [0.15, 0.2) is 0 Å². The Morgan fingerprint density at radius 1 is 1.62 bits per heavy atom. The number of nitrogens with two attached hydrogens (primary N) is 1. The molecule has 0 rings (SSSR count). The highest BCUT2D eigenvalue weighted by atomic mass is 32.2. The molecule has 5 nitrogen and oxygen atoms in total. The summed E-state index contributed by atoms with van der Waals surface area (Å²) in [7, 11) is -4.52. The van der Waals surface area contributed by atoms with Crippen molar-refractivity contribution in [3.05, 3.63) is 0 Å². The molecule has 0 bridgehead atoms. The van der Waals surface area contributed by atoms with Crippen molar-refractivity contribution in [2.24, 2.45) is 5.73 Å². The Morgan fingerprint density at radius 3 is 2.00 bits per heavy atom. The molecule has 0 aliphatic carbocycles. The van der Waals surface area contributed by atoms with Gasteiger partial charge in [0.2, 0.25) is 0 Å². The average molecular weight is 139 g/mol. The zero-order valence-electron chi connectivity index (χ0n) is 3.86. The summed E-state index contributed by atoms with van der Waals surface area (Å²) in [6.07, 6.45) is 0. The topological polar surface area (TPSA) is 97.5 Å². The summed E-state index contributed by atoms with van der Waals surface area (Å²) in [6, 6.07) is 0. The Balaban J connectivity index is 4.29. The highest BCUT2D eigenvalue weighted by Gasteiger charge is 2.14. The van der Waals surface area contributed by atoms with Gasteiger partial charge in [0.15, 0.2) is 0 Å². The van der Waals surface area contributed by atoms with E-state index < -0.39 is 21.8 Å². The van der Waals surface area contributed by atoms with Crippen LogP contribution in [0.4, 0.5) is 0 Å². The second kappa shape index (κ2) is 2.21. The molecule has 0 saturated carbocycles. The van der Waals surface area contributed by atoms with Crippen molar-refractivity contribution in [2.45, 2.75) is 0 Å². The van der Waals surface area contributed by atoms with Gasteiger partial charge in [-0.05, 0) is 0 Å². The van der Waals surface area contributed by atoms with Gasteiger partial charge in [-0.3, -0.25) is 9.35 Å². The number of carbonyl (C=O) groups is 1. The predicted octanol–water partition coefficient (Wildman–Crippen LogP) is -1.64. The maximum atomic E-state index is 9.87. The summed E-state index contributed by atoms with van der Waals surface area (Å²) in [6.45, 7) is -0.682. The summed E-state index contributed by atoms with van der Waals surface area (Å²) >= 11 is 0. The highest BCUT2D eigenvalue weighted by Crippen LogP contribution is 1.79. The fraction of sp³-hybridized carbons (Fsp3) is 0.500. The zero-order chi connectivity index (χ0) is 6.78. The normalized spacial score (nSPS) is 11.2. The lowest BCUT2D eigenvalue weighted by Gasteiger charge is -1.86. The van der Waals surface area contributed by atoms with E-state index in [0.29, 0.717) is 0 Å². The molecule has 0 aromatic heterocycles. The molecule has 48 valence electrons. The minimum atomic E-state index is -4.52. The van der Waals surface area contributed by atoms with Crippen molar-refractivity contribution < 1.29 is 17.8 Å². The third kappa shape index (κ3) is 2.01. The lowest BCUT2D eigenvalue weighted by molar-refractivity contribution is -0.111. The fourth-order valence-electron chi connectivity index (χ4n) is 0.105. The molecule has 0 saturated heterocycles. The molecule has 0 unspecified atom stereocenters. The van der Waals surface area contributed by atoms with E-state index in [-0.39, 0.29) is 0 Å². The first kappa shape index (κ1) is 7.54. The van der Waals surface area contributed by atoms with Gasteiger partial charge in [0.25, 0.3) is 5.12 Å². The van der Waals surface area contributed by atoms with Gasteiger partial charge in [-0.15, -0.1) is 0 Å². The molecular formula is C2H5NO4S. The molecule has 6 heteroatoms. The monoisotopic (exact) mass is 139 g/mol. The van der Waals surface area contributed by atoms with Crippen LogP contribution >= 0.6 is 0 Å². The van der Waals surface area contributed by atoms with Gasteiger partial charge >= 0.3 is 10.1 Å². The van der Waals surface area contributed by atoms with Crippen molar-refractivity contribution >= 4 is 15.2 Å². The lowest BCUT2D eigenvalue weighted by Crippen LogP contribution is -2.22. The van der Waals surface area contributed by atoms with Gasteiger partial charge in [-0.1, -0.05) is 0 Å². The Kier molecular flexibility index (Phi) is 2.08. The molecule has 0 fully saturated rings. The molecule has 0 aromatic carbocycles. The van der Waals surface area contributed by atoms with Gasteiger partial charge in [0.1, 0.15) is 0 Å². The second-order valence-corrected chi connectivity index (χ2v) is 2.46. The zero-order valence-corrected chi connectivity index (χ0v) is 4.68. The van der Waals surface area contributed by atoms with Crippen molar-refractivity contribution in [2.75, 3.05) is 6.54 Å². The number of carbonyl (C=O) groups excluding carboxylic acids is 1. The van der Waals surface area contributed by atoms with Gasteiger partial charge < -0.3 is 5.73 Å². The van der Waals surface area contributed by atoms with Crippen LogP contribution in [0.25, 0.3) is 0 Å². The lowest BCUT2D eigenvalue weighted by atomic mass is 10.8. The molecule has 3 N–H and O–H groups in total. The first-order valence-electron chi connectivity index (χ1n) is 1.69. The maximum Gasteiger partial charge on any atom is 0.330 e. The van der Waals surface area contributed by atoms with Crippen LogP contribution in [0.3, 0.4) is 0 Å². The highest BCUT2D eigenvalue weighted by molar-refractivity contribution is 8.01. The quantitative estimate of drug-likeness (QED) is 0.424. The third-order valence-electron chi connectivity index (χ3n) is 0.454. The van der Waals surface area contributed by atoms with Gasteiger partial charge in [0, 0.05) is 0 Å². The van der Waals surface area contributed by atoms with Crippen molar-refractivity contribution in [1.82, 2.24) is 0 Å². The molecule has 0 amide bonds. The largest absolute Gasteiger partial charge is 0.330 e. The van der Waals surface area contributed by atoms with E-state index in [0.717, 1.165) is 0 Å². The summed E-state index contributed by atoms with van der Waals surface area (Å²) in [4.78, 5) is 9.87. The Morgan fingerprint density at radius 2 is 2.00 bits per heavy atom. The van der Waals surface area contributed by atoms with Crippen LogP contribution in [0.2, 0.25) is 0 Å². The minimum absolute atomic E-state index is 0.682. The summed E-state index contributed by atoms with van der Waals surface area (Å²) in [5.41, 5.74) is 4.57. The smallest absolute Gasteiger partial charge is 0.323 e. The minimum Gasteiger partial charge on any atom is -0.323 e. The first-order chi connectivity index (χ1) is 3.48. The van der Waals surface area contributed by atoms with Gasteiger partial charge in [-0.2, -0.15) is 8.42 Å². The van der Waals surface area contributed by atoms with E-state index in [1.54, 1.807) is 0 Å². The first-order valence-corrected chi connectivity index (χ1v) is 3.13. The van der Waals surface area contributed by atoms with Crippen molar-refractivity contribution in [1.29, 1.82) is 0 Å². The molecule has 8 heavy (non-hydrogen) atoms. The summed E-state index contributed by atoms with van der Waals surface area (Å²) in [5.74, 6) is 0. The molecule has 0 atom stereocenters. The summed E-state index contributed by atoms with van der Waals surface area (Å²) in [5, 5.41) is -1.36. The molecule has 0 aromatic rings. The van der Waals surface area contributed by atoms with E-state index in [9.17, 15) is 13.2 Å². The van der Waals surface area contributed by atoms with Crippen LogP contribution in [0, 0.1) is 0 Å². The number of hydrogen-bond acceptors (Lipinski definition) is 4. The molecule has 0 aliphatic rings. The van der Waals surface area contributed by atoms with Crippen LogP contribution in [-0.4, -0.2) is 24.6 Å². The molecule has 0 spiro atoms. The van der Waals surface area contributed by atoms with Gasteiger partial charge in [0.05, 0.1) is 6.54 Å². The van der Waals surface area contributed by atoms with Gasteiger partial charge in [-0.25, -0.2) is 0 Å². The number of rotatable bonds is 1. The Hall–Kier alpha value is -0.460. The van der Waals surface area contributed by atoms with Crippen LogP contribution < -0.4 is 5.73 Å². The van der Waals surface area contributed by atoms with Crippen LogP contribution in [-0.2, 0) is 14.9 Å². The number of hydrogen-bond donors (Lipinski definition) is 2. The Bertz CT molecular complexity index is 180. The summed E-state index contributed by atoms with van der Waals surface area (Å²) < 4.78 is 27.2. The maximum absolute atomic E-state index is 9.87. The van der Waals surface area contributed by atoms with E-state index in [1.165, 1.54) is 0 Å². The van der Waals surface area contributed by atoms with Crippen molar-refractivity contribution in [3.63, 3.8) is 0 Å². The van der Waals surface area contributed by atoms with E-state index in [4.69, 9.17) is 4.55 Å². The fourth-order valence-corrected chi connectivity index (χ4v) is 0.316. The average Bonchev–Trinajstić information content (AvgIpc) is 1.62. The van der Waals surface area contributed by atoms with Crippen LogP contribution in [0.1, 0.15) is 0 Å². The molecule has 0 aliphatic heterocycles. The van der Waals surface area contributed by atoms with E-state index in [1.807, 2.05) is 0 Å². The third-order valence-corrected chi connectivity index (χ3v) is 1.20.